The quantitative estimate of drug-likeness (QED) is 0.878. The molecule has 0 aliphatic carbocycles. The Morgan fingerprint density at radius 1 is 1.15 bits per heavy atom. The van der Waals surface area contributed by atoms with Crippen LogP contribution in [0.5, 0.6) is 5.75 Å². The molecule has 0 heterocycles. The summed E-state index contributed by atoms with van der Waals surface area (Å²) >= 11 is 0. The Morgan fingerprint density at radius 3 is 2.50 bits per heavy atom. The number of rotatable bonds is 5. The Morgan fingerprint density at radius 2 is 1.80 bits per heavy atom. The van der Waals surface area contributed by atoms with Crippen LogP contribution in [0.2, 0.25) is 0 Å². The largest absolute Gasteiger partial charge is 0.489 e. The lowest BCUT2D eigenvalue weighted by molar-refractivity contribution is -0.147. The Labute approximate surface area is 117 Å². The summed E-state index contributed by atoms with van der Waals surface area (Å²) in [6, 6.07) is 14.4. The van der Waals surface area contributed by atoms with Gasteiger partial charge in [0.2, 0.25) is 0 Å². The predicted octanol–water partition coefficient (Wildman–Crippen LogP) is 2.69. The van der Waals surface area contributed by atoms with Gasteiger partial charge in [0.05, 0.1) is 0 Å². The molecule has 0 saturated heterocycles. The number of aliphatic hydroxyl groups is 1. The molecular weight excluding hydrogens is 256 g/mol. The monoisotopic (exact) mass is 272 g/mol. The summed E-state index contributed by atoms with van der Waals surface area (Å²) in [6.07, 6.45) is -1.54. The second-order valence-electron chi connectivity index (χ2n) is 4.49. The van der Waals surface area contributed by atoms with Crippen molar-refractivity contribution < 1.29 is 19.7 Å². The highest BCUT2D eigenvalue weighted by Gasteiger charge is 2.19. The number of benzene rings is 2. The number of aliphatic carboxylic acids is 1. The molecule has 1 atom stereocenters. The Hall–Kier alpha value is -2.33. The fourth-order valence-corrected chi connectivity index (χ4v) is 1.94. The fraction of sp³-hybridized carbons (Fsp3) is 0.188. The van der Waals surface area contributed by atoms with Crippen molar-refractivity contribution in [3.05, 3.63) is 65.2 Å². The smallest absolute Gasteiger partial charge is 0.337 e. The van der Waals surface area contributed by atoms with Crippen molar-refractivity contribution in [2.75, 3.05) is 0 Å². The zero-order valence-electron chi connectivity index (χ0n) is 11.1. The van der Waals surface area contributed by atoms with E-state index in [0.717, 1.165) is 11.3 Å². The molecule has 0 bridgehead atoms. The Balaban J connectivity index is 2.18. The first-order chi connectivity index (χ1) is 9.59. The summed E-state index contributed by atoms with van der Waals surface area (Å²) in [4.78, 5) is 10.9. The van der Waals surface area contributed by atoms with Crippen molar-refractivity contribution in [3.8, 4) is 5.75 Å². The maximum absolute atomic E-state index is 10.9. The molecule has 2 N–H and O–H groups in total. The van der Waals surface area contributed by atoms with Gasteiger partial charge in [-0.05, 0) is 29.7 Å². The van der Waals surface area contributed by atoms with Crippen molar-refractivity contribution in [1.82, 2.24) is 0 Å². The van der Waals surface area contributed by atoms with Gasteiger partial charge in [-0.1, -0.05) is 42.5 Å². The van der Waals surface area contributed by atoms with Gasteiger partial charge in [0.15, 0.2) is 6.10 Å². The summed E-state index contributed by atoms with van der Waals surface area (Å²) in [5.41, 5.74) is 2.02. The zero-order valence-corrected chi connectivity index (χ0v) is 11.1. The van der Waals surface area contributed by atoms with Gasteiger partial charge in [-0.15, -0.1) is 0 Å². The van der Waals surface area contributed by atoms with Crippen LogP contribution in [-0.2, 0) is 11.4 Å². The molecule has 2 aromatic rings. The summed E-state index contributed by atoms with van der Waals surface area (Å²) in [5, 5.41) is 18.6. The maximum Gasteiger partial charge on any atom is 0.337 e. The number of ether oxygens (including phenoxy) is 1. The van der Waals surface area contributed by atoms with Gasteiger partial charge >= 0.3 is 5.97 Å². The molecule has 0 saturated carbocycles. The standard InChI is InChI=1S/C16H16O4/c1-11-6-2-5-9-14(11)20-10-12-7-3-4-8-13(12)15(17)16(18)19/h2-9,15,17H,10H2,1H3,(H,18,19). The molecule has 0 amide bonds. The maximum atomic E-state index is 10.9. The summed E-state index contributed by atoms with van der Waals surface area (Å²) in [6.45, 7) is 2.15. The second kappa shape index (κ2) is 6.21. The third kappa shape index (κ3) is 3.16. The highest BCUT2D eigenvalue weighted by atomic mass is 16.5. The number of carbonyl (C=O) groups is 1. The number of carboxylic acid groups (broad SMARTS) is 1. The molecule has 4 nitrogen and oxygen atoms in total. The molecule has 2 aromatic carbocycles. The average molecular weight is 272 g/mol. The Bertz CT molecular complexity index is 607. The van der Waals surface area contributed by atoms with Crippen LogP contribution in [0.3, 0.4) is 0 Å². The van der Waals surface area contributed by atoms with E-state index in [1.807, 2.05) is 31.2 Å². The minimum Gasteiger partial charge on any atom is -0.489 e. The van der Waals surface area contributed by atoms with Crippen LogP contribution in [0.1, 0.15) is 22.8 Å². The van der Waals surface area contributed by atoms with E-state index >= 15 is 0 Å². The summed E-state index contributed by atoms with van der Waals surface area (Å²) < 4.78 is 5.69. The number of hydrogen-bond donors (Lipinski definition) is 2. The van der Waals surface area contributed by atoms with E-state index in [0.29, 0.717) is 11.1 Å². The number of carboxylic acids is 1. The molecule has 20 heavy (non-hydrogen) atoms. The van der Waals surface area contributed by atoms with E-state index in [9.17, 15) is 9.90 Å². The lowest BCUT2D eigenvalue weighted by Crippen LogP contribution is -2.13. The normalized spacial score (nSPS) is 11.9. The van der Waals surface area contributed by atoms with E-state index < -0.39 is 12.1 Å². The fourth-order valence-electron chi connectivity index (χ4n) is 1.94. The predicted molar refractivity (Wildman–Crippen MR) is 74.5 cm³/mol. The van der Waals surface area contributed by atoms with Crippen molar-refractivity contribution >= 4 is 5.97 Å². The number of hydrogen-bond acceptors (Lipinski definition) is 3. The first kappa shape index (κ1) is 14.1. The molecule has 1 unspecified atom stereocenters. The number of aryl methyl sites for hydroxylation is 1. The number of para-hydroxylation sites is 1. The first-order valence-electron chi connectivity index (χ1n) is 6.26. The van der Waals surface area contributed by atoms with E-state index in [4.69, 9.17) is 9.84 Å². The van der Waals surface area contributed by atoms with Crippen LogP contribution >= 0.6 is 0 Å². The van der Waals surface area contributed by atoms with Crippen LogP contribution in [0.4, 0.5) is 0 Å². The zero-order chi connectivity index (χ0) is 14.5. The average Bonchev–Trinajstić information content (AvgIpc) is 2.46. The first-order valence-corrected chi connectivity index (χ1v) is 6.26. The van der Waals surface area contributed by atoms with Crippen LogP contribution in [0.15, 0.2) is 48.5 Å². The third-order valence-electron chi connectivity index (χ3n) is 3.06. The number of aliphatic hydroxyl groups excluding tert-OH is 1. The van der Waals surface area contributed by atoms with E-state index in [2.05, 4.69) is 0 Å². The molecule has 0 radical (unpaired) electrons. The molecule has 0 fully saturated rings. The van der Waals surface area contributed by atoms with Gasteiger partial charge < -0.3 is 14.9 Å². The van der Waals surface area contributed by atoms with Gasteiger partial charge in [0.25, 0.3) is 0 Å². The van der Waals surface area contributed by atoms with Gasteiger partial charge in [-0.3, -0.25) is 0 Å². The lowest BCUT2D eigenvalue weighted by atomic mass is 10.0. The van der Waals surface area contributed by atoms with Crippen molar-refractivity contribution in [2.45, 2.75) is 19.6 Å². The van der Waals surface area contributed by atoms with Crippen molar-refractivity contribution in [2.24, 2.45) is 0 Å². The summed E-state index contributed by atoms with van der Waals surface area (Å²) in [7, 11) is 0. The van der Waals surface area contributed by atoms with Crippen LogP contribution in [-0.4, -0.2) is 16.2 Å². The van der Waals surface area contributed by atoms with Crippen LogP contribution in [0, 0.1) is 6.92 Å². The molecular formula is C16H16O4. The minimum absolute atomic E-state index is 0.214. The highest BCUT2D eigenvalue weighted by Crippen LogP contribution is 2.22. The van der Waals surface area contributed by atoms with Gasteiger partial charge in [0.1, 0.15) is 12.4 Å². The molecule has 0 aliphatic rings. The topological polar surface area (TPSA) is 66.8 Å². The Kier molecular flexibility index (Phi) is 4.38. The van der Waals surface area contributed by atoms with Gasteiger partial charge in [-0.2, -0.15) is 0 Å². The lowest BCUT2D eigenvalue weighted by Gasteiger charge is -2.14. The SMILES string of the molecule is Cc1ccccc1OCc1ccccc1C(O)C(=O)O. The van der Waals surface area contributed by atoms with Gasteiger partial charge in [-0.25, -0.2) is 4.79 Å². The molecule has 2 rings (SSSR count). The molecule has 104 valence electrons. The van der Waals surface area contributed by atoms with Crippen molar-refractivity contribution in [3.63, 3.8) is 0 Å². The molecule has 0 aliphatic heterocycles. The second-order valence-corrected chi connectivity index (χ2v) is 4.49. The van der Waals surface area contributed by atoms with E-state index in [-0.39, 0.29) is 6.61 Å². The summed E-state index contributed by atoms with van der Waals surface area (Å²) in [5.74, 6) is -0.527. The molecule has 0 spiro atoms. The molecule has 0 aromatic heterocycles. The minimum atomic E-state index is -1.54. The van der Waals surface area contributed by atoms with Crippen LogP contribution in [0.25, 0.3) is 0 Å². The molecule has 4 heteroatoms. The van der Waals surface area contributed by atoms with Crippen LogP contribution < -0.4 is 4.74 Å². The van der Waals surface area contributed by atoms with E-state index in [1.165, 1.54) is 0 Å². The van der Waals surface area contributed by atoms with E-state index in [1.54, 1.807) is 24.3 Å². The van der Waals surface area contributed by atoms with Gasteiger partial charge in [0, 0.05) is 0 Å². The third-order valence-corrected chi connectivity index (χ3v) is 3.06. The van der Waals surface area contributed by atoms with Crippen molar-refractivity contribution in [1.29, 1.82) is 0 Å². The highest BCUT2D eigenvalue weighted by molar-refractivity contribution is 5.74.